The van der Waals surface area contributed by atoms with Gasteiger partial charge in [-0.25, -0.2) is 16.8 Å². The fourth-order valence-electron chi connectivity index (χ4n) is 3.86. The molecule has 28 heavy (non-hydrogen) atoms. The summed E-state index contributed by atoms with van der Waals surface area (Å²) >= 11 is 0. The summed E-state index contributed by atoms with van der Waals surface area (Å²) in [6, 6.07) is 9.05. The standard InChI is InChI=1S/C19H27N3O4S2/c1-14(2)22-16(4)19(15(3)20-22)28(25,26)21-11-10-18(27(23,24)13-12-21)17-8-6-5-7-9-17/h5-9,14,18H,10-13H2,1-4H3/t18-/m1/s1. The summed E-state index contributed by atoms with van der Waals surface area (Å²) in [6.07, 6.45) is 0.238. The van der Waals surface area contributed by atoms with E-state index in [1.54, 1.807) is 42.8 Å². The van der Waals surface area contributed by atoms with Gasteiger partial charge in [-0.2, -0.15) is 9.40 Å². The highest BCUT2D eigenvalue weighted by atomic mass is 32.2. The lowest BCUT2D eigenvalue weighted by Crippen LogP contribution is -2.34. The van der Waals surface area contributed by atoms with Crippen molar-refractivity contribution in [3.8, 4) is 0 Å². The lowest BCUT2D eigenvalue weighted by atomic mass is 10.1. The zero-order chi connectivity index (χ0) is 20.7. The number of aromatic nitrogens is 2. The van der Waals surface area contributed by atoms with Gasteiger partial charge in [-0.05, 0) is 39.7 Å². The van der Waals surface area contributed by atoms with E-state index in [9.17, 15) is 16.8 Å². The number of hydrogen-bond donors (Lipinski definition) is 0. The molecule has 1 fully saturated rings. The van der Waals surface area contributed by atoms with Gasteiger partial charge in [0.15, 0.2) is 9.84 Å². The minimum absolute atomic E-state index is 0.0367. The normalized spacial score (nSPS) is 21.0. The molecule has 1 aromatic heterocycles. The van der Waals surface area contributed by atoms with Crippen LogP contribution in [-0.2, 0) is 19.9 Å². The van der Waals surface area contributed by atoms with E-state index in [2.05, 4.69) is 5.10 Å². The van der Waals surface area contributed by atoms with Gasteiger partial charge in [-0.1, -0.05) is 30.3 Å². The highest BCUT2D eigenvalue weighted by molar-refractivity contribution is 7.92. The van der Waals surface area contributed by atoms with Crippen molar-refractivity contribution in [2.45, 2.75) is 50.3 Å². The van der Waals surface area contributed by atoms with Crippen molar-refractivity contribution in [1.29, 1.82) is 0 Å². The van der Waals surface area contributed by atoms with Crippen LogP contribution in [0.3, 0.4) is 0 Å². The number of benzene rings is 1. The van der Waals surface area contributed by atoms with E-state index in [0.29, 0.717) is 17.0 Å². The SMILES string of the molecule is Cc1nn(C(C)C)c(C)c1S(=O)(=O)N1CC[C@H](c2ccccc2)S(=O)(=O)CC1. The molecule has 2 heterocycles. The Morgan fingerprint density at radius 3 is 2.32 bits per heavy atom. The minimum atomic E-state index is -3.83. The van der Waals surface area contributed by atoms with Crippen molar-refractivity contribution in [3.05, 3.63) is 47.3 Å². The Bertz CT molecular complexity index is 1060. The molecule has 1 saturated heterocycles. The molecule has 1 aromatic carbocycles. The van der Waals surface area contributed by atoms with Crippen molar-refractivity contribution >= 4 is 19.9 Å². The molecule has 0 bridgehead atoms. The van der Waals surface area contributed by atoms with Gasteiger partial charge in [0, 0.05) is 19.1 Å². The first-order valence-corrected chi connectivity index (χ1v) is 12.5. The van der Waals surface area contributed by atoms with E-state index in [4.69, 9.17) is 0 Å². The van der Waals surface area contributed by atoms with E-state index >= 15 is 0 Å². The summed E-state index contributed by atoms with van der Waals surface area (Å²) in [5, 5.41) is 3.69. The summed E-state index contributed by atoms with van der Waals surface area (Å²) in [5.41, 5.74) is 1.74. The van der Waals surface area contributed by atoms with Crippen LogP contribution in [0.25, 0.3) is 0 Å². The second-order valence-corrected chi connectivity index (χ2v) is 11.7. The van der Waals surface area contributed by atoms with Crippen LogP contribution in [-0.4, -0.2) is 49.8 Å². The van der Waals surface area contributed by atoms with Crippen LogP contribution in [0.2, 0.25) is 0 Å². The molecule has 0 saturated carbocycles. The minimum Gasteiger partial charge on any atom is -0.266 e. The van der Waals surface area contributed by atoms with Crippen molar-refractivity contribution < 1.29 is 16.8 Å². The maximum absolute atomic E-state index is 13.3. The molecule has 1 atom stereocenters. The van der Waals surface area contributed by atoms with Gasteiger partial charge in [0.1, 0.15) is 4.90 Å². The molecule has 9 heteroatoms. The second kappa shape index (κ2) is 7.61. The van der Waals surface area contributed by atoms with E-state index in [1.165, 1.54) is 4.31 Å². The van der Waals surface area contributed by atoms with Gasteiger partial charge in [0.2, 0.25) is 10.0 Å². The van der Waals surface area contributed by atoms with Crippen LogP contribution in [0.1, 0.15) is 48.5 Å². The predicted molar refractivity (Wildman–Crippen MR) is 108 cm³/mol. The molecule has 1 aliphatic rings. The lowest BCUT2D eigenvalue weighted by Gasteiger charge is -2.20. The van der Waals surface area contributed by atoms with Crippen molar-refractivity contribution in [2.24, 2.45) is 0 Å². The third kappa shape index (κ3) is 3.75. The molecule has 154 valence electrons. The van der Waals surface area contributed by atoms with Crippen molar-refractivity contribution in [2.75, 3.05) is 18.8 Å². The predicted octanol–water partition coefficient (Wildman–Crippen LogP) is 2.63. The van der Waals surface area contributed by atoms with E-state index < -0.39 is 25.1 Å². The molecule has 1 aliphatic heterocycles. The number of rotatable bonds is 4. The van der Waals surface area contributed by atoms with Crippen LogP contribution in [0, 0.1) is 13.8 Å². The smallest absolute Gasteiger partial charge is 0.246 e. The molecule has 7 nitrogen and oxygen atoms in total. The average Bonchev–Trinajstić information content (AvgIpc) is 2.82. The molecule has 0 N–H and O–H groups in total. The fourth-order valence-corrected chi connectivity index (χ4v) is 7.59. The topological polar surface area (TPSA) is 89.3 Å². The van der Waals surface area contributed by atoms with Crippen LogP contribution in [0.15, 0.2) is 35.2 Å². The van der Waals surface area contributed by atoms with E-state index in [1.807, 2.05) is 19.9 Å². The molecule has 3 rings (SSSR count). The zero-order valence-corrected chi connectivity index (χ0v) is 18.3. The number of sulfonamides is 1. The third-order valence-corrected chi connectivity index (χ3v) is 9.49. The first kappa shape index (κ1) is 21.0. The Balaban J connectivity index is 1.96. The van der Waals surface area contributed by atoms with Gasteiger partial charge in [-0.15, -0.1) is 0 Å². The fraction of sp³-hybridized carbons (Fsp3) is 0.526. The van der Waals surface area contributed by atoms with E-state index in [-0.39, 0.29) is 36.2 Å². The van der Waals surface area contributed by atoms with Crippen LogP contribution in [0.5, 0.6) is 0 Å². The number of sulfone groups is 1. The number of nitrogens with zero attached hydrogens (tertiary/aromatic N) is 3. The van der Waals surface area contributed by atoms with Gasteiger partial charge < -0.3 is 0 Å². The Kier molecular flexibility index (Phi) is 5.71. The quantitative estimate of drug-likeness (QED) is 0.751. The molecule has 2 aromatic rings. The first-order valence-electron chi connectivity index (χ1n) is 9.38. The monoisotopic (exact) mass is 425 g/mol. The van der Waals surface area contributed by atoms with Crippen LogP contribution >= 0.6 is 0 Å². The molecule has 0 radical (unpaired) electrons. The summed E-state index contributed by atoms with van der Waals surface area (Å²) in [5.74, 6) is -0.192. The molecule has 0 spiro atoms. The van der Waals surface area contributed by atoms with Crippen LogP contribution in [0.4, 0.5) is 0 Å². The van der Waals surface area contributed by atoms with Gasteiger partial charge in [-0.3, -0.25) is 4.68 Å². The first-order chi connectivity index (χ1) is 13.1. The van der Waals surface area contributed by atoms with Crippen LogP contribution < -0.4 is 0 Å². The highest BCUT2D eigenvalue weighted by Gasteiger charge is 2.37. The molecule has 0 aliphatic carbocycles. The average molecular weight is 426 g/mol. The summed E-state index contributed by atoms with van der Waals surface area (Å²) in [7, 11) is -7.27. The number of aryl methyl sites for hydroxylation is 1. The Labute approximate surface area is 167 Å². The van der Waals surface area contributed by atoms with Gasteiger partial charge in [0.05, 0.1) is 22.4 Å². The largest absolute Gasteiger partial charge is 0.266 e. The Hall–Kier alpha value is -1.71. The van der Waals surface area contributed by atoms with Crippen molar-refractivity contribution in [3.63, 3.8) is 0 Å². The zero-order valence-electron chi connectivity index (χ0n) is 16.7. The maximum Gasteiger partial charge on any atom is 0.246 e. The summed E-state index contributed by atoms with van der Waals surface area (Å²) < 4.78 is 55.3. The molecular formula is C19H27N3O4S2. The maximum atomic E-state index is 13.3. The lowest BCUT2D eigenvalue weighted by molar-refractivity contribution is 0.427. The van der Waals surface area contributed by atoms with Gasteiger partial charge >= 0.3 is 0 Å². The van der Waals surface area contributed by atoms with E-state index in [0.717, 1.165) is 0 Å². The number of hydrogen-bond acceptors (Lipinski definition) is 5. The summed E-state index contributed by atoms with van der Waals surface area (Å²) in [4.78, 5) is 0.191. The van der Waals surface area contributed by atoms with Crippen molar-refractivity contribution in [1.82, 2.24) is 14.1 Å². The summed E-state index contributed by atoms with van der Waals surface area (Å²) in [6.45, 7) is 7.43. The Morgan fingerprint density at radius 1 is 1.11 bits per heavy atom. The third-order valence-electron chi connectivity index (χ3n) is 5.22. The molecule has 0 amide bonds. The molecule has 0 unspecified atom stereocenters. The second-order valence-electron chi connectivity index (χ2n) is 7.50. The Morgan fingerprint density at radius 2 is 1.75 bits per heavy atom. The van der Waals surface area contributed by atoms with Gasteiger partial charge in [0.25, 0.3) is 0 Å². The molecular weight excluding hydrogens is 398 g/mol. The highest BCUT2D eigenvalue weighted by Crippen LogP contribution is 2.32.